The van der Waals surface area contributed by atoms with Gasteiger partial charge in [0.1, 0.15) is 18.9 Å². The van der Waals surface area contributed by atoms with E-state index in [1.807, 2.05) is 25.2 Å². The summed E-state index contributed by atoms with van der Waals surface area (Å²) in [6.45, 7) is 2.36. The van der Waals surface area contributed by atoms with Crippen molar-refractivity contribution in [3.63, 3.8) is 0 Å². The van der Waals surface area contributed by atoms with Crippen LogP contribution in [-0.2, 0) is 11.3 Å². The van der Waals surface area contributed by atoms with Crippen molar-refractivity contribution in [3.8, 4) is 11.5 Å². The van der Waals surface area contributed by atoms with E-state index in [1.165, 1.54) is 12.8 Å². The van der Waals surface area contributed by atoms with E-state index in [9.17, 15) is 4.79 Å². The molecule has 158 valence electrons. The molecule has 0 spiro atoms. The number of nitrogens with one attached hydrogen (secondary N) is 1. The Morgan fingerprint density at radius 3 is 2.90 bits per heavy atom. The Morgan fingerprint density at radius 2 is 2.03 bits per heavy atom. The molecule has 1 aromatic carbocycles. The van der Waals surface area contributed by atoms with Crippen molar-refractivity contribution in [2.24, 2.45) is 0 Å². The van der Waals surface area contributed by atoms with Gasteiger partial charge in [0.05, 0.1) is 6.20 Å². The maximum Gasteiger partial charge on any atom is 0.228 e. The van der Waals surface area contributed by atoms with E-state index in [0.717, 1.165) is 41.4 Å². The van der Waals surface area contributed by atoms with Crippen LogP contribution in [0.25, 0.3) is 0 Å². The number of ether oxygens (including phenoxy) is 2. The van der Waals surface area contributed by atoms with Crippen molar-refractivity contribution >= 4 is 23.4 Å². The summed E-state index contributed by atoms with van der Waals surface area (Å²) in [5.41, 5.74) is 1.79. The highest BCUT2D eigenvalue weighted by molar-refractivity contribution is 5.97. The fourth-order valence-corrected chi connectivity index (χ4v) is 4.54. The average molecular weight is 409 g/mol. The van der Waals surface area contributed by atoms with Gasteiger partial charge in [0.15, 0.2) is 17.3 Å². The van der Waals surface area contributed by atoms with Crippen LogP contribution in [0.5, 0.6) is 11.5 Å². The third kappa shape index (κ3) is 3.51. The molecule has 0 bridgehead atoms. The zero-order valence-electron chi connectivity index (χ0n) is 17.3. The fourth-order valence-electron chi connectivity index (χ4n) is 4.54. The lowest BCUT2D eigenvalue weighted by Crippen LogP contribution is -2.34. The highest BCUT2D eigenvalue weighted by Crippen LogP contribution is 2.37. The third-order valence-electron chi connectivity index (χ3n) is 6.17. The highest BCUT2D eigenvalue weighted by Gasteiger charge is 2.31. The molecule has 2 aromatic rings. The summed E-state index contributed by atoms with van der Waals surface area (Å²) < 4.78 is 11.5. The molecule has 1 fully saturated rings. The average Bonchev–Trinajstić information content (AvgIpc) is 3.28. The summed E-state index contributed by atoms with van der Waals surface area (Å²) in [4.78, 5) is 25.8. The zero-order valence-corrected chi connectivity index (χ0v) is 17.3. The molecule has 1 N–H and O–H groups in total. The van der Waals surface area contributed by atoms with Crippen LogP contribution in [0.4, 0.5) is 17.5 Å². The molecule has 1 amide bonds. The summed E-state index contributed by atoms with van der Waals surface area (Å²) in [5.74, 6) is 3.06. The standard InChI is InChI=1S/C22H27N5O3/c1-26-17-14-24-22(23-13-15-5-4-8-18-20(15)30-12-11-29-18)25-21(17)27(10-9-19(26)28)16-6-2-3-7-16/h4-5,8,14,16H,2-3,6-7,9-13H2,1H3,(H,23,24,25). The smallest absolute Gasteiger partial charge is 0.228 e. The van der Waals surface area contributed by atoms with Gasteiger partial charge >= 0.3 is 0 Å². The number of anilines is 3. The quantitative estimate of drug-likeness (QED) is 0.832. The topological polar surface area (TPSA) is 79.8 Å². The number of fused-ring (bicyclic) bond motifs is 2. The Balaban J connectivity index is 1.41. The molecule has 3 aliphatic rings. The third-order valence-corrected chi connectivity index (χ3v) is 6.17. The van der Waals surface area contributed by atoms with Crippen LogP contribution in [-0.4, -0.2) is 48.7 Å². The summed E-state index contributed by atoms with van der Waals surface area (Å²) in [6, 6.07) is 6.34. The molecule has 0 atom stereocenters. The van der Waals surface area contributed by atoms with Crippen molar-refractivity contribution in [1.82, 2.24) is 9.97 Å². The Labute approximate surface area is 176 Å². The van der Waals surface area contributed by atoms with Crippen LogP contribution in [0, 0.1) is 0 Å². The first kappa shape index (κ1) is 19.0. The lowest BCUT2D eigenvalue weighted by molar-refractivity contribution is -0.118. The van der Waals surface area contributed by atoms with Crippen molar-refractivity contribution < 1.29 is 14.3 Å². The maximum atomic E-state index is 12.5. The van der Waals surface area contributed by atoms with Crippen LogP contribution in [0.2, 0.25) is 0 Å². The summed E-state index contributed by atoms with van der Waals surface area (Å²) in [5, 5.41) is 3.33. The second-order valence-electron chi connectivity index (χ2n) is 8.03. The molecular formula is C22H27N5O3. The molecule has 1 saturated carbocycles. The van der Waals surface area contributed by atoms with Gasteiger partial charge in [-0.05, 0) is 18.9 Å². The molecule has 0 saturated heterocycles. The molecule has 8 nitrogen and oxygen atoms in total. The number of amides is 1. The number of hydrogen-bond donors (Lipinski definition) is 1. The van der Waals surface area contributed by atoms with Gasteiger partial charge in [0.25, 0.3) is 0 Å². The number of aromatic nitrogens is 2. The van der Waals surface area contributed by atoms with E-state index < -0.39 is 0 Å². The number of hydrogen-bond acceptors (Lipinski definition) is 7. The lowest BCUT2D eigenvalue weighted by atomic mass is 10.1. The minimum absolute atomic E-state index is 0.106. The fraction of sp³-hybridized carbons (Fsp3) is 0.500. The van der Waals surface area contributed by atoms with Crippen molar-refractivity contribution in [1.29, 1.82) is 0 Å². The normalized spacial score (nSPS) is 18.9. The van der Waals surface area contributed by atoms with E-state index >= 15 is 0 Å². The predicted molar refractivity (Wildman–Crippen MR) is 114 cm³/mol. The number of para-hydroxylation sites is 1. The van der Waals surface area contributed by atoms with Crippen LogP contribution in [0.3, 0.4) is 0 Å². The van der Waals surface area contributed by atoms with Gasteiger partial charge in [-0.1, -0.05) is 25.0 Å². The molecule has 0 radical (unpaired) electrons. The Hall–Kier alpha value is -3.03. The Kier molecular flexibility index (Phi) is 5.06. The molecule has 30 heavy (non-hydrogen) atoms. The molecule has 0 unspecified atom stereocenters. The number of nitrogens with zero attached hydrogens (tertiary/aromatic N) is 4. The van der Waals surface area contributed by atoms with E-state index in [-0.39, 0.29) is 5.91 Å². The summed E-state index contributed by atoms with van der Waals surface area (Å²) in [7, 11) is 1.81. The first-order valence-electron chi connectivity index (χ1n) is 10.7. The van der Waals surface area contributed by atoms with Gasteiger partial charge in [-0.3, -0.25) is 4.79 Å². The largest absolute Gasteiger partial charge is 0.486 e. The number of rotatable bonds is 4. The highest BCUT2D eigenvalue weighted by atomic mass is 16.6. The SMILES string of the molecule is CN1C(=O)CCN(C2CCCC2)c2nc(NCc3cccc4c3OCCO4)ncc21. The van der Waals surface area contributed by atoms with Crippen LogP contribution < -0.4 is 24.6 Å². The van der Waals surface area contributed by atoms with Crippen LogP contribution in [0.1, 0.15) is 37.7 Å². The number of carbonyl (C=O) groups excluding carboxylic acids is 1. The minimum Gasteiger partial charge on any atom is -0.486 e. The molecule has 3 heterocycles. The van der Waals surface area contributed by atoms with E-state index in [1.54, 1.807) is 11.1 Å². The van der Waals surface area contributed by atoms with Gasteiger partial charge in [0, 0.05) is 38.2 Å². The van der Waals surface area contributed by atoms with Crippen molar-refractivity contribution in [3.05, 3.63) is 30.0 Å². The van der Waals surface area contributed by atoms with Crippen LogP contribution in [0.15, 0.2) is 24.4 Å². The zero-order chi connectivity index (χ0) is 20.5. The van der Waals surface area contributed by atoms with Gasteiger partial charge in [-0.25, -0.2) is 4.98 Å². The number of benzene rings is 1. The van der Waals surface area contributed by atoms with Gasteiger partial charge < -0.3 is 24.6 Å². The molecular weight excluding hydrogens is 382 g/mol. The van der Waals surface area contributed by atoms with E-state index in [2.05, 4.69) is 15.2 Å². The minimum atomic E-state index is 0.106. The molecule has 8 heteroatoms. The van der Waals surface area contributed by atoms with Crippen molar-refractivity contribution in [2.45, 2.75) is 44.7 Å². The lowest BCUT2D eigenvalue weighted by Gasteiger charge is -2.30. The summed E-state index contributed by atoms with van der Waals surface area (Å²) >= 11 is 0. The molecule has 1 aliphatic carbocycles. The Bertz CT molecular complexity index is 944. The van der Waals surface area contributed by atoms with Gasteiger partial charge in [0.2, 0.25) is 11.9 Å². The summed E-state index contributed by atoms with van der Waals surface area (Å²) in [6.07, 6.45) is 7.03. The monoisotopic (exact) mass is 409 g/mol. The second-order valence-corrected chi connectivity index (χ2v) is 8.03. The van der Waals surface area contributed by atoms with Crippen LogP contribution >= 0.6 is 0 Å². The van der Waals surface area contributed by atoms with E-state index in [0.29, 0.717) is 44.7 Å². The number of carbonyl (C=O) groups is 1. The maximum absolute atomic E-state index is 12.5. The molecule has 5 rings (SSSR count). The van der Waals surface area contributed by atoms with Gasteiger partial charge in [-0.15, -0.1) is 0 Å². The van der Waals surface area contributed by atoms with Gasteiger partial charge in [-0.2, -0.15) is 4.98 Å². The Morgan fingerprint density at radius 1 is 1.20 bits per heavy atom. The molecule has 1 aromatic heterocycles. The van der Waals surface area contributed by atoms with Crippen molar-refractivity contribution in [2.75, 3.05) is 41.9 Å². The first-order valence-corrected chi connectivity index (χ1v) is 10.7. The first-order chi connectivity index (χ1) is 14.7. The predicted octanol–water partition coefficient (Wildman–Crippen LogP) is 2.98. The van der Waals surface area contributed by atoms with E-state index in [4.69, 9.17) is 14.5 Å². The molecule has 2 aliphatic heterocycles. The second kappa shape index (κ2) is 8.01.